The van der Waals surface area contributed by atoms with Crippen LogP contribution in [-0.4, -0.2) is 0 Å². The molecule has 0 unspecified atom stereocenters. The first-order chi connectivity index (χ1) is 41.9. The van der Waals surface area contributed by atoms with Gasteiger partial charge in [0.1, 0.15) is 11.2 Å². The monoisotopic (exact) mass is 1110 g/mol. The molecule has 13 aromatic rings. The molecule has 2 aliphatic rings. The van der Waals surface area contributed by atoms with E-state index in [4.69, 9.17) is 15.4 Å². The second-order valence-electron chi connectivity index (χ2n) is 25.2. The molecule has 0 saturated heterocycles. The summed E-state index contributed by atoms with van der Waals surface area (Å²) in [6.45, 7) is 19.6. The highest BCUT2D eigenvalue weighted by Gasteiger charge is 2.59. The van der Waals surface area contributed by atoms with Crippen molar-refractivity contribution in [3.8, 4) is 22.3 Å². The maximum absolute atomic E-state index is 7.14. The average molecular weight is 1110 g/mol. The number of hydrogen-bond acceptors (Lipinski definition) is 4. The lowest BCUT2D eigenvalue weighted by atomic mass is 9.48. The lowest BCUT2D eigenvalue weighted by Crippen LogP contribution is -2.50. The molecule has 2 aromatic heterocycles. The van der Waals surface area contributed by atoms with Crippen molar-refractivity contribution < 1.29 is 8.83 Å². The predicted octanol–water partition coefficient (Wildman–Crippen LogP) is 23.7. The van der Waals surface area contributed by atoms with Crippen LogP contribution in [0.3, 0.4) is 0 Å². The smallest absolute Gasteiger partial charge is 0.159 e. The molecule has 86 heavy (non-hydrogen) atoms. The number of anilines is 6. The molecule has 0 spiro atoms. The van der Waals surface area contributed by atoms with E-state index in [1.807, 2.05) is 0 Å². The van der Waals surface area contributed by atoms with Crippen LogP contribution >= 0.6 is 0 Å². The standard InChI is InChI=1S/C82H66N2O2/c1-53-27-13-8-22-36-64-71-50-56-45-46-60(83(58-32-18-11-19-33-58)73-43-25-41-68-66-39-23-37-62(76(66)85-78(68)73)54-28-14-9-15-29-54)49-57(56)51-72(71)82(80(2,3)4,81(5,6)7)75(64)65-48-47-61(52-70(53)65)84(59-34-20-12-21-35-59)74-44-26-42-69-67-40-24-38-63(77(67)86-79(69)74)55-30-16-10-17-31-55/h8-35,37-52H,1,36H2,2-7H3/b22-8-,27-13-. The Labute approximate surface area is 503 Å². The van der Waals surface area contributed by atoms with Crippen LogP contribution in [0.1, 0.15) is 70.2 Å². The van der Waals surface area contributed by atoms with Crippen molar-refractivity contribution in [2.75, 3.05) is 9.80 Å². The van der Waals surface area contributed by atoms with Gasteiger partial charge in [-0.15, -0.1) is 0 Å². The molecular weight excluding hydrogens is 1040 g/mol. The number of para-hydroxylation sites is 6. The van der Waals surface area contributed by atoms with Gasteiger partial charge in [-0.05, 0) is 151 Å². The van der Waals surface area contributed by atoms with Crippen LogP contribution in [0.2, 0.25) is 0 Å². The van der Waals surface area contributed by atoms with E-state index in [1.54, 1.807) is 0 Å². The first kappa shape index (κ1) is 52.6. The third-order valence-electron chi connectivity index (χ3n) is 18.3. The molecule has 0 saturated carbocycles. The van der Waals surface area contributed by atoms with Crippen molar-refractivity contribution in [1.82, 2.24) is 0 Å². The Kier molecular flexibility index (Phi) is 12.4. The number of hydrogen-bond donors (Lipinski definition) is 0. The Hall–Kier alpha value is -10.2. The quantitative estimate of drug-likeness (QED) is 0.152. The minimum absolute atomic E-state index is 0.277. The van der Waals surface area contributed by atoms with Crippen molar-refractivity contribution in [3.05, 3.63) is 296 Å². The third kappa shape index (κ3) is 8.26. The zero-order valence-electron chi connectivity index (χ0n) is 49.5. The summed E-state index contributed by atoms with van der Waals surface area (Å²) in [5, 5.41) is 6.71. The molecule has 0 aliphatic heterocycles. The Balaban J connectivity index is 0.919. The van der Waals surface area contributed by atoms with Crippen LogP contribution in [0, 0.1) is 10.8 Å². The van der Waals surface area contributed by atoms with E-state index < -0.39 is 5.41 Å². The summed E-state index contributed by atoms with van der Waals surface area (Å²) in [5.74, 6) is 0. The molecule has 2 heterocycles. The van der Waals surface area contributed by atoms with Gasteiger partial charge < -0.3 is 18.6 Å². The highest BCUT2D eigenvalue weighted by Crippen LogP contribution is 2.68. The molecule has 4 heteroatoms. The maximum Gasteiger partial charge on any atom is 0.159 e. The molecule has 0 fully saturated rings. The number of fused-ring (bicyclic) bond motifs is 11. The molecule has 2 aliphatic carbocycles. The molecule has 0 amide bonds. The normalized spacial score (nSPS) is 14.8. The van der Waals surface area contributed by atoms with E-state index in [2.05, 4.69) is 318 Å². The van der Waals surface area contributed by atoms with Gasteiger partial charge in [0, 0.05) is 60.8 Å². The van der Waals surface area contributed by atoms with Crippen LogP contribution < -0.4 is 9.80 Å². The average Bonchev–Trinajstić information content (AvgIpc) is 1.48. The molecule has 0 N–H and O–H groups in total. The van der Waals surface area contributed by atoms with E-state index in [0.717, 1.165) is 118 Å². The van der Waals surface area contributed by atoms with Gasteiger partial charge in [-0.1, -0.05) is 242 Å². The summed E-state index contributed by atoms with van der Waals surface area (Å²) in [5.41, 5.74) is 21.5. The first-order valence-corrected chi connectivity index (χ1v) is 30.1. The third-order valence-corrected chi connectivity index (χ3v) is 18.3. The maximum atomic E-state index is 7.14. The first-order valence-electron chi connectivity index (χ1n) is 30.1. The van der Waals surface area contributed by atoms with Crippen molar-refractivity contribution in [1.29, 1.82) is 0 Å². The summed E-state index contributed by atoms with van der Waals surface area (Å²) >= 11 is 0. The van der Waals surface area contributed by atoms with Crippen LogP contribution in [0.25, 0.3) is 93.6 Å². The minimum Gasteiger partial charge on any atom is -0.453 e. The van der Waals surface area contributed by atoms with Crippen LogP contribution in [0.5, 0.6) is 0 Å². The van der Waals surface area contributed by atoms with Crippen molar-refractivity contribution in [3.63, 3.8) is 0 Å². The number of allylic oxidation sites excluding steroid dienone is 7. The Morgan fingerprint density at radius 2 is 0.860 bits per heavy atom. The fraction of sp³-hybridized carbons (Fsp3) is 0.122. The van der Waals surface area contributed by atoms with Gasteiger partial charge in [0.05, 0.1) is 11.4 Å². The molecular formula is C82H66N2O2. The Morgan fingerprint density at radius 1 is 0.384 bits per heavy atom. The summed E-state index contributed by atoms with van der Waals surface area (Å²) < 4.78 is 14.3. The van der Waals surface area contributed by atoms with E-state index in [-0.39, 0.29) is 10.8 Å². The van der Waals surface area contributed by atoms with Crippen LogP contribution in [0.4, 0.5) is 34.1 Å². The summed E-state index contributed by atoms with van der Waals surface area (Å²) in [7, 11) is 0. The number of nitrogens with zero attached hydrogens (tertiary/aromatic N) is 2. The second kappa shape index (κ2) is 20.3. The van der Waals surface area contributed by atoms with Gasteiger partial charge in [0.15, 0.2) is 11.2 Å². The van der Waals surface area contributed by atoms with E-state index in [9.17, 15) is 0 Å². The number of furan rings is 2. The molecule has 11 aromatic carbocycles. The molecule has 4 nitrogen and oxygen atoms in total. The van der Waals surface area contributed by atoms with Crippen LogP contribution in [0.15, 0.2) is 282 Å². The van der Waals surface area contributed by atoms with Gasteiger partial charge in [-0.2, -0.15) is 0 Å². The number of benzene rings is 11. The van der Waals surface area contributed by atoms with Crippen molar-refractivity contribution in [2.24, 2.45) is 10.8 Å². The SMILES string of the molecule is C=C1/C=C\C=C/CC2=C(c3ccc(N(c4ccccc4)c4cccc5c4oc4c(-c6ccccc6)cccc45)cc31)C(C(C)(C)C)(C(C)(C)C)c1cc3cc(N(c4ccccc4)c4cccc5c4oc4c(-c6ccccc6)cccc45)ccc3cc12. The Morgan fingerprint density at radius 3 is 1.38 bits per heavy atom. The predicted molar refractivity (Wildman–Crippen MR) is 365 cm³/mol. The van der Waals surface area contributed by atoms with Gasteiger partial charge >= 0.3 is 0 Å². The Bertz CT molecular complexity index is 4910. The topological polar surface area (TPSA) is 32.8 Å². The van der Waals surface area contributed by atoms with Gasteiger partial charge in [0.2, 0.25) is 0 Å². The lowest BCUT2D eigenvalue weighted by molar-refractivity contribution is 0.111. The van der Waals surface area contributed by atoms with Gasteiger partial charge in [0.25, 0.3) is 0 Å². The number of rotatable bonds is 8. The fourth-order valence-electron chi connectivity index (χ4n) is 15.1. The van der Waals surface area contributed by atoms with Crippen molar-refractivity contribution in [2.45, 2.75) is 53.4 Å². The molecule has 416 valence electrons. The fourth-order valence-corrected chi connectivity index (χ4v) is 15.1. The van der Waals surface area contributed by atoms with E-state index in [0.29, 0.717) is 0 Å². The zero-order chi connectivity index (χ0) is 58.5. The highest BCUT2D eigenvalue weighted by molar-refractivity contribution is 6.16. The molecule has 0 bridgehead atoms. The summed E-state index contributed by atoms with van der Waals surface area (Å²) in [6, 6.07) is 87.8. The van der Waals surface area contributed by atoms with Crippen molar-refractivity contribution >= 4 is 105 Å². The second-order valence-corrected chi connectivity index (χ2v) is 25.2. The zero-order valence-corrected chi connectivity index (χ0v) is 49.5. The molecule has 0 radical (unpaired) electrons. The van der Waals surface area contributed by atoms with Gasteiger partial charge in [-0.25, -0.2) is 0 Å². The largest absolute Gasteiger partial charge is 0.453 e. The summed E-state index contributed by atoms with van der Waals surface area (Å²) in [4.78, 5) is 4.74. The molecule has 0 atom stereocenters. The van der Waals surface area contributed by atoms with E-state index in [1.165, 1.54) is 38.6 Å². The van der Waals surface area contributed by atoms with E-state index >= 15 is 0 Å². The highest BCUT2D eigenvalue weighted by atomic mass is 16.3. The summed E-state index contributed by atoms with van der Waals surface area (Å²) in [6.07, 6.45) is 9.65. The van der Waals surface area contributed by atoms with Crippen LogP contribution in [-0.2, 0) is 5.41 Å². The minimum atomic E-state index is -0.493. The molecule has 15 rings (SSSR count). The van der Waals surface area contributed by atoms with Gasteiger partial charge in [-0.3, -0.25) is 0 Å². The lowest BCUT2D eigenvalue weighted by Gasteiger charge is -2.54.